The molecule has 0 unspecified atom stereocenters. The summed E-state index contributed by atoms with van der Waals surface area (Å²) < 4.78 is 25.7. The van der Waals surface area contributed by atoms with Crippen molar-refractivity contribution in [1.82, 2.24) is 4.72 Å². The number of halogens is 1. The van der Waals surface area contributed by atoms with Gasteiger partial charge in [0.15, 0.2) is 5.78 Å². The van der Waals surface area contributed by atoms with Gasteiger partial charge in [-0.1, -0.05) is 12.1 Å². The van der Waals surface area contributed by atoms with E-state index < -0.39 is 10.0 Å². The first-order valence-corrected chi connectivity index (χ1v) is 6.66. The van der Waals surface area contributed by atoms with Gasteiger partial charge in [0.2, 0.25) is 10.0 Å². The summed E-state index contributed by atoms with van der Waals surface area (Å²) in [5, 5.41) is 0. The molecule has 1 aromatic rings. The highest BCUT2D eigenvalue weighted by Crippen LogP contribution is 2.11. The molecule has 0 amide bonds. The average molecular weight is 262 g/mol. The fourth-order valence-electron chi connectivity index (χ4n) is 1.14. The zero-order chi connectivity index (χ0) is 12.2. The van der Waals surface area contributed by atoms with Crippen LogP contribution in [0.25, 0.3) is 0 Å². The second-order valence-corrected chi connectivity index (χ2v) is 5.32. The third kappa shape index (κ3) is 3.30. The van der Waals surface area contributed by atoms with E-state index in [4.69, 9.17) is 11.6 Å². The van der Waals surface area contributed by atoms with Crippen LogP contribution in [0.1, 0.15) is 17.3 Å². The van der Waals surface area contributed by atoms with Crippen LogP contribution >= 0.6 is 11.6 Å². The number of nitrogens with one attached hydrogen (secondary N) is 1. The van der Waals surface area contributed by atoms with Gasteiger partial charge in [-0.3, -0.25) is 4.79 Å². The number of carbonyl (C=O) groups is 1. The Morgan fingerprint density at radius 1 is 1.44 bits per heavy atom. The van der Waals surface area contributed by atoms with E-state index in [9.17, 15) is 13.2 Å². The maximum Gasteiger partial charge on any atom is 0.240 e. The van der Waals surface area contributed by atoms with Crippen LogP contribution in [-0.4, -0.2) is 26.6 Å². The van der Waals surface area contributed by atoms with E-state index in [1.54, 1.807) is 6.07 Å². The van der Waals surface area contributed by atoms with E-state index in [0.717, 1.165) is 0 Å². The van der Waals surface area contributed by atoms with Crippen molar-refractivity contribution in [3.05, 3.63) is 29.8 Å². The SMILES string of the molecule is CC(=O)c1cccc(S(=O)(=O)NCCCl)c1. The van der Waals surface area contributed by atoms with Crippen molar-refractivity contribution in [3.63, 3.8) is 0 Å². The van der Waals surface area contributed by atoms with Gasteiger partial charge in [-0.25, -0.2) is 13.1 Å². The Bertz CT molecular complexity index is 485. The predicted octanol–water partition coefficient (Wildman–Crippen LogP) is 1.41. The molecule has 1 aromatic carbocycles. The van der Waals surface area contributed by atoms with E-state index in [1.807, 2.05) is 0 Å². The zero-order valence-corrected chi connectivity index (χ0v) is 10.3. The van der Waals surface area contributed by atoms with Crippen LogP contribution < -0.4 is 4.72 Å². The standard InChI is InChI=1S/C10H12ClNO3S/c1-8(13)9-3-2-4-10(7-9)16(14,15)12-6-5-11/h2-4,7,12H,5-6H2,1H3. The lowest BCUT2D eigenvalue weighted by atomic mass is 10.2. The van der Waals surface area contributed by atoms with E-state index in [0.29, 0.717) is 5.56 Å². The van der Waals surface area contributed by atoms with Gasteiger partial charge < -0.3 is 0 Å². The molecule has 0 fully saturated rings. The number of hydrogen-bond donors (Lipinski definition) is 1. The molecule has 0 saturated heterocycles. The Hall–Kier alpha value is -0.910. The summed E-state index contributed by atoms with van der Waals surface area (Å²) in [6.45, 7) is 1.55. The predicted molar refractivity (Wildman–Crippen MR) is 62.4 cm³/mol. The third-order valence-corrected chi connectivity index (χ3v) is 3.59. The molecule has 0 bridgehead atoms. The highest BCUT2D eigenvalue weighted by atomic mass is 35.5. The normalized spacial score (nSPS) is 11.4. The van der Waals surface area contributed by atoms with E-state index in [2.05, 4.69) is 4.72 Å². The molecule has 88 valence electrons. The molecule has 4 nitrogen and oxygen atoms in total. The van der Waals surface area contributed by atoms with Crippen LogP contribution in [0.5, 0.6) is 0 Å². The van der Waals surface area contributed by atoms with Crippen LogP contribution in [0, 0.1) is 0 Å². The molecule has 0 radical (unpaired) electrons. The first-order chi connectivity index (χ1) is 7.47. The molecule has 1 rings (SSSR count). The molecule has 1 N–H and O–H groups in total. The van der Waals surface area contributed by atoms with E-state index in [-0.39, 0.29) is 23.1 Å². The van der Waals surface area contributed by atoms with Gasteiger partial charge in [-0.2, -0.15) is 0 Å². The molecular weight excluding hydrogens is 250 g/mol. The molecule has 0 aliphatic rings. The number of benzene rings is 1. The molecular formula is C10H12ClNO3S. The Labute approximate surface area is 99.7 Å². The van der Waals surface area contributed by atoms with Crippen molar-refractivity contribution < 1.29 is 13.2 Å². The number of Topliss-reactive ketones (excluding diaryl/α,β-unsaturated/α-hetero) is 1. The first kappa shape index (κ1) is 13.2. The van der Waals surface area contributed by atoms with Crippen molar-refractivity contribution in [1.29, 1.82) is 0 Å². The highest BCUT2D eigenvalue weighted by Gasteiger charge is 2.14. The quantitative estimate of drug-likeness (QED) is 0.644. The molecule has 0 saturated carbocycles. The second-order valence-electron chi connectivity index (χ2n) is 3.17. The van der Waals surface area contributed by atoms with Gasteiger partial charge in [0, 0.05) is 18.0 Å². The number of alkyl halides is 1. The smallest absolute Gasteiger partial charge is 0.240 e. The fraction of sp³-hybridized carbons (Fsp3) is 0.300. The Balaban J connectivity index is 3.04. The molecule has 0 heterocycles. The number of rotatable bonds is 5. The first-order valence-electron chi connectivity index (χ1n) is 4.64. The van der Waals surface area contributed by atoms with Gasteiger partial charge in [0.1, 0.15) is 0 Å². The molecule has 0 atom stereocenters. The lowest BCUT2D eigenvalue weighted by Gasteiger charge is -2.05. The van der Waals surface area contributed by atoms with Gasteiger partial charge in [-0.15, -0.1) is 11.6 Å². The van der Waals surface area contributed by atoms with Crippen molar-refractivity contribution in [3.8, 4) is 0 Å². The van der Waals surface area contributed by atoms with Crippen molar-refractivity contribution >= 4 is 27.4 Å². The highest BCUT2D eigenvalue weighted by molar-refractivity contribution is 7.89. The summed E-state index contributed by atoms with van der Waals surface area (Å²) in [5.74, 6) is 0.0282. The number of ketones is 1. The Morgan fingerprint density at radius 2 is 2.12 bits per heavy atom. The van der Waals surface area contributed by atoms with Crippen molar-refractivity contribution in [2.75, 3.05) is 12.4 Å². The molecule has 0 spiro atoms. The number of hydrogen-bond acceptors (Lipinski definition) is 3. The minimum absolute atomic E-state index is 0.0744. The zero-order valence-electron chi connectivity index (χ0n) is 8.73. The summed E-state index contributed by atoms with van der Waals surface area (Å²) in [6, 6.07) is 5.89. The average Bonchev–Trinajstić information content (AvgIpc) is 2.26. The van der Waals surface area contributed by atoms with Crippen molar-refractivity contribution in [2.24, 2.45) is 0 Å². The van der Waals surface area contributed by atoms with E-state index >= 15 is 0 Å². The topological polar surface area (TPSA) is 63.2 Å². The third-order valence-electron chi connectivity index (χ3n) is 1.94. The largest absolute Gasteiger partial charge is 0.295 e. The summed E-state index contributed by atoms with van der Waals surface area (Å²) in [7, 11) is -3.57. The molecule has 6 heteroatoms. The van der Waals surface area contributed by atoms with Crippen LogP contribution in [0.4, 0.5) is 0 Å². The molecule has 0 aliphatic carbocycles. The van der Waals surface area contributed by atoms with Gasteiger partial charge in [-0.05, 0) is 19.1 Å². The maximum absolute atomic E-state index is 11.7. The van der Waals surface area contributed by atoms with Crippen LogP contribution in [0.2, 0.25) is 0 Å². The van der Waals surface area contributed by atoms with Gasteiger partial charge >= 0.3 is 0 Å². The monoisotopic (exact) mass is 261 g/mol. The maximum atomic E-state index is 11.7. The van der Waals surface area contributed by atoms with Crippen LogP contribution in [0.3, 0.4) is 0 Å². The van der Waals surface area contributed by atoms with Crippen LogP contribution in [0.15, 0.2) is 29.2 Å². The minimum atomic E-state index is -3.57. The Morgan fingerprint density at radius 3 is 2.69 bits per heavy atom. The Kier molecular flexibility index (Phi) is 4.46. The van der Waals surface area contributed by atoms with Gasteiger partial charge in [0.05, 0.1) is 4.90 Å². The van der Waals surface area contributed by atoms with Crippen LogP contribution in [-0.2, 0) is 10.0 Å². The molecule has 0 aromatic heterocycles. The van der Waals surface area contributed by atoms with Crippen molar-refractivity contribution in [2.45, 2.75) is 11.8 Å². The summed E-state index contributed by atoms with van der Waals surface area (Å²) in [4.78, 5) is 11.2. The van der Waals surface area contributed by atoms with Gasteiger partial charge in [0.25, 0.3) is 0 Å². The molecule has 0 aliphatic heterocycles. The lowest BCUT2D eigenvalue weighted by Crippen LogP contribution is -2.25. The summed E-state index contributed by atoms with van der Waals surface area (Å²) in [5.41, 5.74) is 0.369. The number of sulfonamides is 1. The lowest BCUT2D eigenvalue weighted by molar-refractivity contribution is 0.101. The fourth-order valence-corrected chi connectivity index (χ4v) is 2.42. The molecule has 16 heavy (non-hydrogen) atoms. The summed E-state index contributed by atoms with van der Waals surface area (Å²) in [6.07, 6.45) is 0. The second kappa shape index (κ2) is 5.43. The van der Waals surface area contributed by atoms with E-state index in [1.165, 1.54) is 25.1 Å². The minimum Gasteiger partial charge on any atom is -0.295 e. The number of carbonyl (C=O) groups excluding carboxylic acids is 1. The summed E-state index contributed by atoms with van der Waals surface area (Å²) >= 11 is 5.40.